The summed E-state index contributed by atoms with van der Waals surface area (Å²) >= 11 is 0. The molecule has 4 aromatic rings. The highest BCUT2D eigenvalue weighted by Crippen LogP contribution is 2.12. The Hall–Kier alpha value is -3.82. The second kappa shape index (κ2) is 7.06. The second-order valence-electron chi connectivity index (χ2n) is 6.28. The van der Waals surface area contributed by atoms with Crippen molar-refractivity contribution in [3.05, 3.63) is 74.5 Å². The number of rotatable bonds is 6. The van der Waals surface area contributed by atoms with Crippen molar-refractivity contribution >= 4 is 16.8 Å². The first-order valence-corrected chi connectivity index (χ1v) is 8.59. The van der Waals surface area contributed by atoms with Crippen molar-refractivity contribution in [2.75, 3.05) is 0 Å². The summed E-state index contributed by atoms with van der Waals surface area (Å²) in [5, 5.41) is 7.72. The molecule has 4 rings (SSSR count). The maximum Gasteiger partial charge on any atom is 0.328 e. The predicted molar refractivity (Wildman–Crippen MR) is 98.2 cm³/mol. The van der Waals surface area contributed by atoms with E-state index in [2.05, 4.69) is 25.1 Å². The van der Waals surface area contributed by atoms with Crippen LogP contribution in [0.3, 0.4) is 0 Å². The molecule has 0 bridgehead atoms. The summed E-state index contributed by atoms with van der Waals surface area (Å²) in [4.78, 5) is 45.9. The topological polar surface area (TPSA) is 140 Å². The van der Waals surface area contributed by atoms with E-state index in [4.69, 9.17) is 4.42 Å². The molecule has 2 N–H and O–H groups in total. The quantitative estimate of drug-likeness (QED) is 0.475. The molecule has 0 aliphatic heterocycles. The first-order chi connectivity index (χ1) is 13.5. The maximum atomic E-state index is 12.3. The number of H-pyrrole nitrogens is 2. The van der Waals surface area contributed by atoms with Crippen LogP contribution in [0.2, 0.25) is 0 Å². The summed E-state index contributed by atoms with van der Waals surface area (Å²) in [6.07, 6.45) is 1.71. The number of nitrogens with zero attached hydrogens (tertiary/aromatic N) is 4. The Balaban J connectivity index is 1.44. The SMILES string of the molecule is Cc1c[nH]c(=O)n(Cc2nnc(CCC(=O)c3nc4ccccc4[nH]3)o2)c1=O. The van der Waals surface area contributed by atoms with Gasteiger partial charge in [0.2, 0.25) is 11.8 Å². The molecule has 1 aromatic carbocycles. The highest BCUT2D eigenvalue weighted by molar-refractivity contribution is 5.95. The van der Waals surface area contributed by atoms with Crippen molar-refractivity contribution in [1.29, 1.82) is 0 Å². The van der Waals surface area contributed by atoms with Gasteiger partial charge < -0.3 is 14.4 Å². The van der Waals surface area contributed by atoms with Crippen LogP contribution in [-0.4, -0.2) is 35.5 Å². The van der Waals surface area contributed by atoms with Crippen LogP contribution in [0.1, 0.15) is 34.4 Å². The van der Waals surface area contributed by atoms with Crippen LogP contribution in [0.5, 0.6) is 0 Å². The van der Waals surface area contributed by atoms with Crippen molar-refractivity contribution < 1.29 is 9.21 Å². The molecular weight excluding hydrogens is 364 g/mol. The van der Waals surface area contributed by atoms with Gasteiger partial charge in [0, 0.05) is 24.6 Å². The number of benzene rings is 1. The van der Waals surface area contributed by atoms with Crippen molar-refractivity contribution in [2.24, 2.45) is 0 Å². The summed E-state index contributed by atoms with van der Waals surface area (Å²) in [5.74, 6) is 0.460. The molecule has 0 fully saturated rings. The minimum atomic E-state index is -0.560. The third-order valence-corrected chi connectivity index (χ3v) is 4.26. The molecule has 3 aromatic heterocycles. The molecule has 0 spiro atoms. The summed E-state index contributed by atoms with van der Waals surface area (Å²) in [6.45, 7) is 1.46. The molecule has 0 atom stereocenters. The van der Waals surface area contributed by atoms with Crippen LogP contribution in [0.15, 0.2) is 44.5 Å². The molecular formula is C18H16N6O4. The van der Waals surface area contributed by atoms with Gasteiger partial charge in [0.25, 0.3) is 5.56 Å². The van der Waals surface area contributed by atoms with Crippen molar-refractivity contribution in [3.63, 3.8) is 0 Å². The molecule has 0 amide bonds. The molecule has 0 saturated carbocycles. The fourth-order valence-electron chi connectivity index (χ4n) is 2.77. The van der Waals surface area contributed by atoms with Gasteiger partial charge in [-0.15, -0.1) is 10.2 Å². The average molecular weight is 380 g/mol. The maximum absolute atomic E-state index is 12.3. The van der Waals surface area contributed by atoms with E-state index in [-0.39, 0.29) is 42.8 Å². The predicted octanol–water partition coefficient (Wildman–Crippen LogP) is 0.968. The summed E-state index contributed by atoms with van der Waals surface area (Å²) < 4.78 is 6.44. The van der Waals surface area contributed by atoms with E-state index in [0.29, 0.717) is 5.56 Å². The van der Waals surface area contributed by atoms with E-state index in [9.17, 15) is 14.4 Å². The highest BCUT2D eigenvalue weighted by atomic mass is 16.4. The number of nitrogens with one attached hydrogen (secondary N) is 2. The molecule has 142 valence electrons. The number of Topliss-reactive ketones (excluding diaryl/α,β-unsaturated/α-hetero) is 1. The van der Waals surface area contributed by atoms with Gasteiger partial charge in [0.15, 0.2) is 11.6 Å². The van der Waals surface area contributed by atoms with E-state index in [0.717, 1.165) is 15.6 Å². The van der Waals surface area contributed by atoms with Crippen LogP contribution in [0, 0.1) is 6.92 Å². The van der Waals surface area contributed by atoms with Gasteiger partial charge in [-0.1, -0.05) is 12.1 Å². The summed E-state index contributed by atoms with van der Waals surface area (Å²) in [5.41, 5.74) is 0.925. The number of aryl methyl sites for hydroxylation is 2. The van der Waals surface area contributed by atoms with E-state index in [1.807, 2.05) is 24.3 Å². The van der Waals surface area contributed by atoms with Crippen LogP contribution in [0.4, 0.5) is 0 Å². The van der Waals surface area contributed by atoms with Crippen LogP contribution in [0.25, 0.3) is 11.0 Å². The second-order valence-corrected chi connectivity index (χ2v) is 6.28. The smallest absolute Gasteiger partial charge is 0.328 e. The fourth-order valence-corrected chi connectivity index (χ4v) is 2.77. The number of aromatic nitrogens is 6. The minimum Gasteiger partial charge on any atom is -0.423 e. The highest BCUT2D eigenvalue weighted by Gasteiger charge is 2.15. The van der Waals surface area contributed by atoms with Gasteiger partial charge >= 0.3 is 5.69 Å². The van der Waals surface area contributed by atoms with Gasteiger partial charge in [0.1, 0.15) is 6.54 Å². The van der Waals surface area contributed by atoms with Crippen molar-refractivity contribution in [2.45, 2.75) is 26.3 Å². The van der Waals surface area contributed by atoms with Crippen LogP contribution in [-0.2, 0) is 13.0 Å². The molecule has 28 heavy (non-hydrogen) atoms. The normalized spacial score (nSPS) is 11.2. The van der Waals surface area contributed by atoms with E-state index >= 15 is 0 Å². The lowest BCUT2D eigenvalue weighted by Gasteiger charge is -2.01. The Morgan fingerprint density at radius 2 is 1.96 bits per heavy atom. The Kier molecular flexibility index (Phi) is 4.44. The Bertz CT molecular complexity index is 1250. The molecule has 0 radical (unpaired) electrons. The Morgan fingerprint density at radius 3 is 2.79 bits per heavy atom. The molecule has 0 aliphatic carbocycles. The summed E-state index contributed by atoms with van der Waals surface area (Å²) in [6, 6.07) is 7.38. The van der Waals surface area contributed by atoms with Crippen molar-refractivity contribution in [3.8, 4) is 0 Å². The van der Waals surface area contributed by atoms with Gasteiger partial charge in [-0.2, -0.15) is 0 Å². The number of hydrogen-bond donors (Lipinski definition) is 2. The zero-order chi connectivity index (χ0) is 19.7. The Labute approximate surface area is 157 Å². The number of carbonyl (C=O) groups excluding carboxylic acids is 1. The molecule has 3 heterocycles. The van der Waals surface area contributed by atoms with Crippen LogP contribution < -0.4 is 11.2 Å². The number of hydrogen-bond acceptors (Lipinski definition) is 7. The number of fused-ring (bicyclic) bond motifs is 1. The summed E-state index contributed by atoms with van der Waals surface area (Å²) in [7, 11) is 0. The van der Waals surface area contributed by atoms with Crippen LogP contribution >= 0.6 is 0 Å². The molecule has 0 saturated heterocycles. The van der Waals surface area contributed by atoms with Gasteiger partial charge in [-0.3, -0.25) is 14.2 Å². The molecule has 10 heteroatoms. The average Bonchev–Trinajstić information content (AvgIpc) is 3.33. The van der Waals surface area contributed by atoms with Crippen molar-refractivity contribution in [1.82, 2.24) is 29.7 Å². The first kappa shape index (κ1) is 17.6. The number of aromatic amines is 2. The van der Waals surface area contributed by atoms with Gasteiger partial charge in [-0.25, -0.2) is 9.78 Å². The molecule has 0 aliphatic rings. The minimum absolute atomic E-state index is 0.115. The lowest BCUT2D eigenvalue weighted by atomic mass is 10.2. The van der Waals surface area contributed by atoms with E-state index in [1.54, 1.807) is 6.92 Å². The zero-order valence-corrected chi connectivity index (χ0v) is 14.9. The standard InChI is InChI=1S/C18H16N6O4/c1-10-8-19-18(27)24(17(10)26)9-15-23-22-14(28-15)7-6-13(25)16-20-11-4-2-3-5-12(11)21-16/h2-5,8H,6-7,9H2,1H3,(H,19,27)(H,20,21). The number of para-hydroxylation sites is 2. The van der Waals surface area contributed by atoms with E-state index in [1.165, 1.54) is 6.20 Å². The fraction of sp³-hybridized carbons (Fsp3) is 0.222. The lowest BCUT2D eigenvalue weighted by molar-refractivity contribution is 0.0971. The third-order valence-electron chi connectivity index (χ3n) is 4.26. The zero-order valence-electron chi connectivity index (χ0n) is 14.9. The van der Waals surface area contributed by atoms with Gasteiger partial charge in [0.05, 0.1) is 11.0 Å². The molecule has 0 unspecified atom stereocenters. The van der Waals surface area contributed by atoms with E-state index < -0.39 is 11.2 Å². The number of carbonyl (C=O) groups is 1. The number of ketones is 1. The third kappa shape index (κ3) is 3.39. The lowest BCUT2D eigenvalue weighted by Crippen LogP contribution is -2.36. The van der Waals surface area contributed by atoms with Gasteiger partial charge in [-0.05, 0) is 19.1 Å². The molecule has 10 nitrogen and oxygen atoms in total. The first-order valence-electron chi connectivity index (χ1n) is 8.59. The largest absolute Gasteiger partial charge is 0.423 e. The monoisotopic (exact) mass is 380 g/mol. The Morgan fingerprint density at radius 1 is 1.18 bits per heavy atom. The number of imidazole rings is 1.